The highest BCUT2D eigenvalue weighted by Gasteiger charge is 2.50. The zero-order chi connectivity index (χ0) is 15.7. The van der Waals surface area contributed by atoms with Gasteiger partial charge in [0.05, 0.1) is 0 Å². The minimum absolute atomic E-state index is 0.372. The molecule has 2 fully saturated rings. The Morgan fingerprint density at radius 2 is 1.57 bits per heavy atom. The highest BCUT2D eigenvalue weighted by Crippen LogP contribution is 2.58. The Labute approximate surface area is 132 Å². The van der Waals surface area contributed by atoms with Crippen molar-refractivity contribution in [3.8, 4) is 0 Å². The Bertz CT molecular complexity index is 366. The number of rotatable bonds is 5. The van der Waals surface area contributed by atoms with Crippen LogP contribution in [-0.4, -0.2) is 5.78 Å². The predicted molar refractivity (Wildman–Crippen MR) is 90.3 cm³/mol. The van der Waals surface area contributed by atoms with E-state index < -0.39 is 0 Å². The lowest BCUT2D eigenvalue weighted by atomic mass is 9.49. The van der Waals surface area contributed by atoms with Gasteiger partial charge in [-0.25, -0.2) is 0 Å². The van der Waals surface area contributed by atoms with Gasteiger partial charge in [-0.05, 0) is 61.2 Å². The van der Waals surface area contributed by atoms with Crippen LogP contribution < -0.4 is 0 Å². The molecule has 0 spiro atoms. The van der Waals surface area contributed by atoms with Crippen molar-refractivity contribution in [2.24, 2.45) is 28.6 Å². The zero-order valence-corrected chi connectivity index (χ0v) is 15.0. The van der Waals surface area contributed by atoms with Gasteiger partial charge in [0, 0.05) is 12.3 Å². The summed E-state index contributed by atoms with van der Waals surface area (Å²) < 4.78 is 0. The summed E-state index contributed by atoms with van der Waals surface area (Å²) >= 11 is 0. The maximum Gasteiger partial charge on any atom is 0.135 e. The van der Waals surface area contributed by atoms with Gasteiger partial charge in [-0.15, -0.1) is 0 Å². The maximum absolute atomic E-state index is 12.5. The molecule has 2 saturated carbocycles. The first kappa shape index (κ1) is 17.0. The first-order valence-corrected chi connectivity index (χ1v) is 9.30. The molecule has 3 atom stereocenters. The number of fused-ring (bicyclic) bond motifs is 1. The van der Waals surface area contributed by atoms with Gasteiger partial charge < -0.3 is 0 Å². The molecule has 0 N–H and O–H groups in total. The van der Waals surface area contributed by atoms with Crippen molar-refractivity contribution in [3.05, 3.63) is 0 Å². The topological polar surface area (TPSA) is 17.1 Å². The number of hydrogen-bond donors (Lipinski definition) is 0. The van der Waals surface area contributed by atoms with E-state index in [1.54, 1.807) is 0 Å². The van der Waals surface area contributed by atoms with Crippen molar-refractivity contribution in [3.63, 3.8) is 0 Å². The summed E-state index contributed by atoms with van der Waals surface area (Å²) in [5.74, 6) is 2.54. The summed E-state index contributed by atoms with van der Waals surface area (Å²) in [5.41, 5.74) is 0.916. The lowest BCUT2D eigenvalue weighted by Gasteiger charge is -2.55. The molecule has 0 aromatic carbocycles. The van der Waals surface area contributed by atoms with Crippen LogP contribution >= 0.6 is 0 Å². The molecular formula is C20H36O. The van der Waals surface area contributed by atoms with Crippen LogP contribution in [-0.2, 0) is 4.79 Å². The van der Waals surface area contributed by atoms with Crippen LogP contribution in [0, 0.1) is 28.6 Å². The van der Waals surface area contributed by atoms with E-state index in [9.17, 15) is 4.79 Å². The van der Waals surface area contributed by atoms with Crippen molar-refractivity contribution in [2.75, 3.05) is 0 Å². The second-order valence-corrected chi connectivity index (χ2v) is 9.12. The third-order valence-corrected chi connectivity index (χ3v) is 6.75. The molecule has 2 aliphatic carbocycles. The average molecular weight is 293 g/mol. The molecule has 0 bridgehead atoms. The lowest BCUT2D eigenvalue weighted by Crippen LogP contribution is -2.48. The third-order valence-electron chi connectivity index (χ3n) is 6.75. The summed E-state index contributed by atoms with van der Waals surface area (Å²) in [6, 6.07) is 0. The Kier molecular flexibility index (Phi) is 5.21. The van der Waals surface area contributed by atoms with Crippen LogP contribution in [0.3, 0.4) is 0 Å². The van der Waals surface area contributed by atoms with Gasteiger partial charge in [0.15, 0.2) is 0 Å². The monoisotopic (exact) mass is 292 g/mol. The van der Waals surface area contributed by atoms with Crippen molar-refractivity contribution in [1.29, 1.82) is 0 Å². The summed E-state index contributed by atoms with van der Waals surface area (Å²) in [6.07, 6.45) is 10.7. The Balaban J connectivity index is 2.01. The number of carbonyl (C=O) groups excluding carboxylic acids is 1. The molecular weight excluding hydrogens is 256 g/mol. The van der Waals surface area contributed by atoms with E-state index in [2.05, 4.69) is 34.6 Å². The first-order valence-electron chi connectivity index (χ1n) is 9.30. The van der Waals surface area contributed by atoms with Gasteiger partial charge in [0.25, 0.3) is 0 Å². The second-order valence-electron chi connectivity index (χ2n) is 9.12. The largest absolute Gasteiger partial charge is 0.299 e. The summed E-state index contributed by atoms with van der Waals surface area (Å²) in [6.45, 7) is 12.0. The number of ketones is 1. The summed E-state index contributed by atoms with van der Waals surface area (Å²) in [5, 5.41) is 0. The third kappa shape index (κ3) is 3.71. The van der Waals surface area contributed by atoms with Crippen LogP contribution in [0.1, 0.15) is 92.4 Å². The first-order chi connectivity index (χ1) is 9.78. The lowest BCUT2D eigenvalue weighted by molar-refractivity contribution is -0.129. The van der Waals surface area contributed by atoms with E-state index in [1.807, 2.05) is 0 Å². The Morgan fingerprint density at radius 3 is 2.19 bits per heavy atom. The fourth-order valence-electron chi connectivity index (χ4n) is 5.03. The predicted octanol–water partition coefficient (Wildman–Crippen LogP) is 6.01. The molecule has 1 heteroatoms. The standard InChI is InChI=1S/C20H36O/c1-6-7-8-9-18(21)15-10-11-16-17(14-15)20(4,5)13-12-19(16,2)3/h15-17H,6-14H2,1-5H3. The Morgan fingerprint density at radius 1 is 0.952 bits per heavy atom. The number of carbonyl (C=O) groups is 1. The van der Waals surface area contributed by atoms with Gasteiger partial charge in [0.2, 0.25) is 0 Å². The van der Waals surface area contributed by atoms with E-state index in [0.717, 1.165) is 31.1 Å². The van der Waals surface area contributed by atoms with Crippen molar-refractivity contribution >= 4 is 5.78 Å². The molecule has 0 aromatic heterocycles. The van der Waals surface area contributed by atoms with E-state index >= 15 is 0 Å². The van der Waals surface area contributed by atoms with Gasteiger partial charge in [-0.3, -0.25) is 4.79 Å². The number of hydrogen-bond acceptors (Lipinski definition) is 1. The molecule has 122 valence electrons. The number of Topliss-reactive ketones (excluding diaryl/α,β-unsaturated/α-hetero) is 1. The molecule has 0 aromatic rings. The molecule has 2 aliphatic rings. The van der Waals surface area contributed by atoms with Gasteiger partial charge in [0.1, 0.15) is 5.78 Å². The van der Waals surface area contributed by atoms with Gasteiger partial charge >= 0.3 is 0 Å². The zero-order valence-electron chi connectivity index (χ0n) is 15.0. The molecule has 2 rings (SSSR count). The van der Waals surface area contributed by atoms with E-state index in [-0.39, 0.29) is 0 Å². The quantitative estimate of drug-likeness (QED) is 0.567. The maximum atomic E-state index is 12.5. The molecule has 1 nitrogen and oxygen atoms in total. The van der Waals surface area contributed by atoms with Crippen LogP contribution in [0.5, 0.6) is 0 Å². The van der Waals surface area contributed by atoms with Crippen LogP contribution in [0.25, 0.3) is 0 Å². The highest BCUT2D eigenvalue weighted by molar-refractivity contribution is 5.81. The van der Waals surface area contributed by atoms with Gasteiger partial charge in [-0.1, -0.05) is 47.5 Å². The molecule has 0 aliphatic heterocycles. The van der Waals surface area contributed by atoms with E-state index in [0.29, 0.717) is 22.5 Å². The highest BCUT2D eigenvalue weighted by atomic mass is 16.1. The fourth-order valence-corrected chi connectivity index (χ4v) is 5.03. The van der Waals surface area contributed by atoms with Crippen LogP contribution in [0.4, 0.5) is 0 Å². The summed E-state index contributed by atoms with van der Waals surface area (Å²) in [4.78, 5) is 12.5. The van der Waals surface area contributed by atoms with Gasteiger partial charge in [-0.2, -0.15) is 0 Å². The average Bonchev–Trinajstić information content (AvgIpc) is 2.44. The number of unbranched alkanes of at least 4 members (excludes halogenated alkanes) is 2. The minimum atomic E-state index is 0.372. The smallest absolute Gasteiger partial charge is 0.135 e. The van der Waals surface area contributed by atoms with Crippen LogP contribution in [0.15, 0.2) is 0 Å². The van der Waals surface area contributed by atoms with E-state index in [1.165, 1.54) is 38.5 Å². The minimum Gasteiger partial charge on any atom is -0.299 e. The fraction of sp³-hybridized carbons (Fsp3) is 0.950. The van der Waals surface area contributed by atoms with Crippen molar-refractivity contribution < 1.29 is 4.79 Å². The molecule has 0 radical (unpaired) electrons. The molecule has 3 unspecified atom stereocenters. The normalized spacial score (nSPS) is 34.2. The molecule has 21 heavy (non-hydrogen) atoms. The molecule has 0 saturated heterocycles. The Hall–Kier alpha value is -0.330. The van der Waals surface area contributed by atoms with Crippen molar-refractivity contribution in [1.82, 2.24) is 0 Å². The molecule has 0 heterocycles. The SMILES string of the molecule is CCCCCC(=O)C1CCC2C(C1)C(C)(C)CCC2(C)C. The van der Waals surface area contributed by atoms with Crippen molar-refractivity contribution in [2.45, 2.75) is 92.4 Å². The molecule has 0 amide bonds. The van der Waals surface area contributed by atoms with Crippen LogP contribution in [0.2, 0.25) is 0 Å². The van der Waals surface area contributed by atoms with E-state index in [4.69, 9.17) is 0 Å². The second kappa shape index (κ2) is 6.42. The summed E-state index contributed by atoms with van der Waals surface area (Å²) in [7, 11) is 0.